The topological polar surface area (TPSA) is 51.0 Å². The Kier molecular flexibility index (Phi) is 3.46. The molecule has 0 atom stereocenters. The molecule has 6 heteroatoms. The van der Waals surface area contributed by atoms with E-state index in [1.165, 1.54) is 5.56 Å². The predicted molar refractivity (Wildman–Crippen MR) is 90.9 cm³/mol. The van der Waals surface area contributed by atoms with E-state index in [9.17, 15) is 4.79 Å². The lowest BCUT2D eigenvalue weighted by molar-refractivity contribution is 0.0989. The second-order valence-corrected chi connectivity index (χ2v) is 6.27. The second-order valence-electron chi connectivity index (χ2n) is 5.35. The number of anilines is 1. The fourth-order valence-electron chi connectivity index (χ4n) is 2.81. The summed E-state index contributed by atoms with van der Waals surface area (Å²) in [5.74, 6) is 0.674. The van der Waals surface area contributed by atoms with Gasteiger partial charge in [0.1, 0.15) is 12.1 Å². The molecular formula is C17H13BrN4O. The van der Waals surface area contributed by atoms with Gasteiger partial charge in [-0.25, -0.2) is 9.97 Å². The van der Waals surface area contributed by atoms with Crippen LogP contribution in [0, 0.1) is 0 Å². The fourth-order valence-corrected chi connectivity index (χ4v) is 3.16. The molecule has 5 nitrogen and oxygen atoms in total. The van der Waals surface area contributed by atoms with Gasteiger partial charge in [0.05, 0.1) is 0 Å². The lowest BCUT2D eigenvalue weighted by Gasteiger charge is -2.18. The minimum Gasteiger partial charge on any atom is -0.308 e. The first-order valence-corrected chi connectivity index (χ1v) is 8.06. The summed E-state index contributed by atoms with van der Waals surface area (Å²) in [5.41, 5.74) is 2.80. The van der Waals surface area contributed by atoms with E-state index in [0.29, 0.717) is 17.9 Å². The van der Waals surface area contributed by atoms with E-state index >= 15 is 0 Å². The molecular weight excluding hydrogens is 356 g/mol. The molecule has 114 valence electrons. The molecule has 1 aromatic carbocycles. The van der Waals surface area contributed by atoms with Crippen LogP contribution in [-0.2, 0) is 6.42 Å². The lowest BCUT2D eigenvalue weighted by Crippen LogP contribution is -2.29. The molecule has 0 spiro atoms. The summed E-state index contributed by atoms with van der Waals surface area (Å²) >= 11 is 3.48. The van der Waals surface area contributed by atoms with Crippen LogP contribution < -0.4 is 4.90 Å². The number of hydrogen-bond donors (Lipinski definition) is 0. The molecule has 3 aromatic rings. The summed E-state index contributed by atoms with van der Waals surface area (Å²) in [4.78, 5) is 23.0. The van der Waals surface area contributed by atoms with Crippen LogP contribution in [0.1, 0.15) is 15.9 Å². The van der Waals surface area contributed by atoms with Crippen LogP contribution >= 0.6 is 15.9 Å². The van der Waals surface area contributed by atoms with Crippen LogP contribution in [0.3, 0.4) is 0 Å². The SMILES string of the molecule is O=C(c1ccnc(-n2ccnc2)c1)N1CCc2ccc(Br)cc21. The highest BCUT2D eigenvalue weighted by molar-refractivity contribution is 9.10. The van der Waals surface area contributed by atoms with Gasteiger partial charge in [-0.05, 0) is 36.2 Å². The maximum atomic E-state index is 12.9. The molecule has 1 aliphatic heterocycles. The van der Waals surface area contributed by atoms with Gasteiger partial charge in [0.2, 0.25) is 0 Å². The summed E-state index contributed by atoms with van der Waals surface area (Å²) in [5, 5.41) is 0. The van der Waals surface area contributed by atoms with Gasteiger partial charge in [0, 0.05) is 40.9 Å². The zero-order chi connectivity index (χ0) is 15.8. The van der Waals surface area contributed by atoms with Crippen molar-refractivity contribution in [1.82, 2.24) is 14.5 Å². The molecule has 0 aliphatic carbocycles. The van der Waals surface area contributed by atoms with Crippen LogP contribution in [0.25, 0.3) is 5.82 Å². The van der Waals surface area contributed by atoms with Crippen molar-refractivity contribution in [3.05, 3.63) is 70.8 Å². The average Bonchev–Trinajstić information content (AvgIpc) is 3.24. The molecule has 0 bridgehead atoms. The summed E-state index contributed by atoms with van der Waals surface area (Å²) in [6.45, 7) is 0.702. The summed E-state index contributed by atoms with van der Waals surface area (Å²) in [6.07, 6.45) is 7.69. The van der Waals surface area contributed by atoms with E-state index in [1.54, 1.807) is 41.6 Å². The van der Waals surface area contributed by atoms with Crippen molar-refractivity contribution in [2.24, 2.45) is 0 Å². The number of rotatable bonds is 2. The Labute approximate surface area is 141 Å². The van der Waals surface area contributed by atoms with E-state index in [-0.39, 0.29) is 5.91 Å². The Bertz CT molecular complexity index is 876. The molecule has 2 aromatic heterocycles. The van der Waals surface area contributed by atoms with E-state index in [4.69, 9.17) is 0 Å². The molecule has 3 heterocycles. The van der Waals surface area contributed by atoms with Gasteiger partial charge in [0.25, 0.3) is 5.91 Å². The molecule has 4 rings (SSSR count). The smallest absolute Gasteiger partial charge is 0.258 e. The normalized spacial score (nSPS) is 13.2. The van der Waals surface area contributed by atoms with Gasteiger partial charge in [-0.15, -0.1) is 0 Å². The molecule has 1 amide bonds. The molecule has 0 saturated heterocycles. The highest BCUT2D eigenvalue weighted by atomic mass is 79.9. The Balaban J connectivity index is 1.69. The van der Waals surface area contributed by atoms with Crippen molar-refractivity contribution in [3.63, 3.8) is 0 Å². The van der Waals surface area contributed by atoms with Gasteiger partial charge < -0.3 is 4.90 Å². The van der Waals surface area contributed by atoms with Crippen molar-refractivity contribution in [1.29, 1.82) is 0 Å². The van der Waals surface area contributed by atoms with Gasteiger partial charge >= 0.3 is 0 Å². The monoisotopic (exact) mass is 368 g/mol. The Morgan fingerprint density at radius 1 is 1.17 bits per heavy atom. The zero-order valence-electron chi connectivity index (χ0n) is 12.2. The second kappa shape index (κ2) is 5.62. The summed E-state index contributed by atoms with van der Waals surface area (Å²) in [7, 11) is 0. The highest BCUT2D eigenvalue weighted by Gasteiger charge is 2.26. The molecule has 0 radical (unpaired) electrons. The summed E-state index contributed by atoms with van der Waals surface area (Å²) < 4.78 is 2.76. The van der Waals surface area contributed by atoms with Crippen LogP contribution in [0.4, 0.5) is 5.69 Å². The number of halogens is 1. The van der Waals surface area contributed by atoms with E-state index in [2.05, 4.69) is 32.0 Å². The fraction of sp³-hybridized carbons (Fsp3) is 0.118. The quantitative estimate of drug-likeness (QED) is 0.697. The third-order valence-corrected chi connectivity index (χ3v) is 4.44. The largest absolute Gasteiger partial charge is 0.308 e. The van der Waals surface area contributed by atoms with Crippen LogP contribution in [0.15, 0.2) is 59.7 Å². The number of fused-ring (bicyclic) bond motifs is 1. The molecule has 0 N–H and O–H groups in total. The first-order valence-electron chi connectivity index (χ1n) is 7.27. The minimum atomic E-state index is -0.00869. The maximum Gasteiger partial charge on any atom is 0.258 e. The van der Waals surface area contributed by atoms with E-state index in [0.717, 1.165) is 16.6 Å². The van der Waals surface area contributed by atoms with Crippen LogP contribution in [-0.4, -0.2) is 27.0 Å². The Hall–Kier alpha value is -2.47. The van der Waals surface area contributed by atoms with Gasteiger partial charge in [-0.2, -0.15) is 0 Å². The third-order valence-electron chi connectivity index (χ3n) is 3.95. The average molecular weight is 369 g/mol. The first kappa shape index (κ1) is 14.1. The van der Waals surface area contributed by atoms with Crippen molar-refractivity contribution < 1.29 is 4.79 Å². The van der Waals surface area contributed by atoms with Gasteiger partial charge in [-0.3, -0.25) is 9.36 Å². The molecule has 0 fully saturated rings. The first-order chi connectivity index (χ1) is 11.2. The van der Waals surface area contributed by atoms with Crippen LogP contribution in [0.2, 0.25) is 0 Å². The lowest BCUT2D eigenvalue weighted by atomic mass is 10.1. The van der Waals surface area contributed by atoms with E-state index in [1.807, 2.05) is 17.0 Å². The number of amides is 1. The van der Waals surface area contributed by atoms with Gasteiger partial charge in [0.15, 0.2) is 0 Å². The van der Waals surface area contributed by atoms with Crippen LogP contribution in [0.5, 0.6) is 0 Å². The highest BCUT2D eigenvalue weighted by Crippen LogP contribution is 2.32. The van der Waals surface area contributed by atoms with E-state index < -0.39 is 0 Å². The minimum absolute atomic E-state index is 0.00869. The predicted octanol–water partition coefficient (Wildman–Crippen LogP) is 3.23. The molecule has 1 aliphatic rings. The van der Waals surface area contributed by atoms with Crippen molar-refractivity contribution >= 4 is 27.5 Å². The third kappa shape index (κ3) is 2.55. The van der Waals surface area contributed by atoms with Crippen molar-refractivity contribution in [2.75, 3.05) is 11.4 Å². The number of benzene rings is 1. The van der Waals surface area contributed by atoms with Crippen molar-refractivity contribution in [2.45, 2.75) is 6.42 Å². The number of imidazole rings is 1. The Morgan fingerprint density at radius 2 is 2.09 bits per heavy atom. The number of pyridine rings is 1. The number of carbonyl (C=O) groups is 1. The number of nitrogens with zero attached hydrogens (tertiary/aromatic N) is 4. The summed E-state index contributed by atoms with van der Waals surface area (Å²) in [6, 6.07) is 9.61. The Morgan fingerprint density at radius 3 is 2.91 bits per heavy atom. The molecule has 0 unspecified atom stereocenters. The van der Waals surface area contributed by atoms with Crippen molar-refractivity contribution in [3.8, 4) is 5.82 Å². The number of hydrogen-bond acceptors (Lipinski definition) is 3. The molecule has 23 heavy (non-hydrogen) atoms. The van der Waals surface area contributed by atoms with Gasteiger partial charge in [-0.1, -0.05) is 22.0 Å². The zero-order valence-corrected chi connectivity index (χ0v) is 13.8. The number of carbonyl (C=O) groups excluding carboxylic acids is 1. The number of aromatic nitrogens is 3. The maximum absolute atomic E-state index is 12.9. The molecule has 0 saturated carbocycles. The standard InChI is InChI=1S/C17H13BrN4O/c18-14-2-1-12-4-7-22(15(12)10-14)17(23)13-3-5-20-16(9-13)21-8-6-19-11-21/h1-3,5-6,8-11H,4,7H2.